The zero-order chi connectivity index (χ0) is 15.2. The molecule has 0 atom stereocenters. The Morgan fingerprint density at radius 3 is 2.81 bits per heavy atom. The predicted molar refractivity (Wildman–Crippen MR) is 81.3 cm³/mol. The lowest BCUT2D eigenvalue weighted by Crippen LogP contribution is -2.30. The van der Waals surface area contributed by atoms with Crippen molar-refractivity contribution in [3.05, 3.63) is 45.4 Å². The number of carboxylic acids is 1. The fourth-order valence-corrected chi connectivity index (χ4v) is 2.40. The first-order chi connectivity index (χ1) is 10.1. The van der Waals surface area contributed by atoms with E-state index in [9.17, 15) is 9.59 Å². The Labute approximate surface area is 129 Å². The molecule has 0 saturated heterocycles. The molecule has 0 bridgehead atoms. The second kappa shape index (κ2) is 7.05. The van der Waals surface area contributed by atoms with Gasteiger partial charge in [0.25, 0.3) is 0 Å². The second-order valence-electron chi connectivity index (χ2n) is 4.11. The van der Waals surface area contributed by atoms with Gasteiger partial charge >= 0.3 is 12.0 Å². The molecule has 1 heterocycles. The van der Waals surface area contributed by atoms with Gasteiger partial charge in [-0.1, -0.05) is 11.6 Å². The van der Waals surface area contributed by atoms with Crippen LogP contribution in [0.15, 0.2) is 29.1 Å². The third-order valence-corrected chi connectivity index (χ3v) is 3.56. The van der Waals surface area contributed by atoms with Crippen LogP contribution in [0.4, 0.5) is 10.5 Å². The van der Waals surface area contributed by atoms with Crippen LogP contribution in [0, 0.1) is 0 Å². The number of nitrogens with one attached hydrogen (secondary N) is 2. The summed E-state index contributed by atoms with van der Waals surface area (Å²) in [7, 11) is 0. The monoisotopic (exact) mass is 325 g/mol. The van der Waals surface area contributed by atoms with Gasteiger partial charge in [0.15, 0.2) is 0 Å². The smallest absolute Gasteiger partial charge is 0.335 e. The van der Waals surface area contributed by atoms with E-state index in [0.717, 1.165) is 5.69 Å². The SMILES string of the molecule is O=C(NCCc1cscn1)Nc1ccc(C(=O)O)cc1Cl. The number of benzene rings is 1. The van der Waals surface area contributed by atoms with E-state index >= 15 is 0 Å². The first-order valence-corrected chi connectivity index (χ1v) is 7.33. The number of urea groups is 1. The van der Waals surface area contributed by atoms with Crippen LogP contribution in [0.25, 0.3) is 0 Å². The molecule has 2 rings (SSSR count). The second-order valence-corrected chi connectivity index (χ2v) is 5.24. The molecule has 0 unspecified atom stereocenters. The highest BCUT2D eigenvalue weighted by atomic mass is 35.5. The number of aromatic carboxylic acids is 1. The van der Waals surface area contributed by atoms with Crippen LogP contribution in [0.2, 0.25) is 5.02 Å². The number of carbonyl (C=O) groups is 2. The molecule has 2 amide bonds. The lowest BCUT2D eigenvalue weighted by molar-refractivity contribution is 0.0697. The van der Waals surface area contributed by atoms with E-state index < -0.39 is 12.0 Å². The number of nitrogens with zero attached hydrogens (tertiary/aromatic N) is 1. The van der Waals surface area contributed by atoms with Crippen molar-refractivity contribution in [2.45, 2.75) is 6.42 Å². The Morgan fingerprint density at radius 2 is 2.19 bits per heavy atom. The van der Waals surface area contributed by atoms with Crippen molar-refractivity contribution in [1.29, 1.82) is 0 Å². The van der Waals surface area contributed by atoms with Crippen LogP contribution >= 0.6 is 22.9 Å². The lowest BCUT2D eigenvalue weighted by Gasteiger charge is -2.09. The zero-order valence-corrected chi connectivity index (χ0v) is 12.4. The molecule has 6 nitrogen and oxygen atoms in total. The summed E-state index contributed by atoms with van der Waals surface area (Å²) in [6, 6.07) is 3.70. The summed E-state index contributed by atoms with van der Waals surface area (Å²) >= 11 is 7.42. The minimum absolute atomic E-state index is 0.0643. The molecule has 3 N–H and O–H groups in total. The molecule has 2 aromatic rings. The van der Waals surface area contributed by atoms with Crippen LogP contribution in [-0.4, -0.2) is 28.6 Å². The number of aromatic nitrogens is 1. The van der Waals surface area contributed by atoms with E-state index in [-0.39, 0.29) is 10.6 Å². The first kappa shape index (κ1) is 15.3. The minimum Gasteiger partial charge on any atom is -0.478 e. The van der Waals surface area contributed by atoms with E-state index in [1.807, 2.05) is 5.38 Å². The Morgan fingerprint density at radius 1 is 1.38 bits per heavy atom. The van der Waals surface area contributed by atoms with Crippen molar-refractivity contribution in [2.24, 2.45) is 0 Å². The number of carbonyl (C=O) groups excluding carboxylic acids is 1. The summed E-state index contributed by atoms with van der Waals surface area (Å²) < 4.78 is 0. The number of hydrogen-bond acceptors (Lipinski definition) is 4. The Bertz CT molecular complexity index is 646. The first-order valence-electron chi connectivity index (χ1n) is 6.01. The Kier molecular flexibility index (Phi) is 5.13. The Balaban J connectivity index is 1.86. The van der Waals surface area contributed by atoms with Crippen LogP contribution in [0.1, 0.15) is 16.1 Å². The molecule has 110 valence electrons. The number of carboxylic acid groups (broad SMARTS) is 1. The maximum Gasteiger partial charge on any atom is 0.335 e. The maximum absolute atomic E-state index is 11.7. The van der Waals surface area contributed by atoms with E-state index in [0.29, 0.717) is 18.7 Å². The van der Waals surface area contributed by atoms with Gasteiger partial charge in [0, 0.05) is 18.3 Å². The van der Waals surface area contributed by atoms with Gasteiger partial charge in [-0.3, -0.25) is 0 Å². The minimum atomic E-state index is -1.07. The number of rotatable bonds is 5. The molecule has 21 heavy (non-hydrogen) atoms. The average molecular weight is 326 g/mol. The van der Waals surface area contributed by atoms with Crippen molar-refractivity contribution in [3.8, 4) is 0 Å². The number of hydrogen-bond donors (Lipinski definition) is 3. The van der Waals surface area contributed by atoms with Gasteiger partial charge in [-0.2, -0.15) is 0 Å². The molecule has 0 spiro atoms. The number of anilines is 1. The van der Waals surface area contributed by atoms with Gasteiger partial charge < -0.3 is 15.7 Å². The highest BCUT2D eigenvalue weighted by Gasteiger charge is 2.09. The summed E-state index contributed by atoms with van der Waals surface area (Å²) in [5, 5.41) is 16.2. The number of halogens is 1. The largest absolute Gasteiger partial charge is 0.478 e. The maximum atomic E-state index is 11.7. The highest BCUT2D eigenvalue weighted by molar-refractivity contribution is 7.07. The standard InChI is InChI=1S/C13H12ClN3O3S/c14-10-5-8(12(18)19)1-2-11(10)17-13(20)15-4-3-9-6-21-7-16-9/h1-2,5-7H,3-4H2,(H,18,19)(H2,15,17,20). The van der Waals surface area contributed by atoms with Crippen LogP contribution in [0.5, 0.6) is 0 Å². The zero-order valence-electron chi connectivity index (χ0n) is 10.8. The summed E-state index contributed by atoms with van der Waals surface area (Å²) in [5.74, 6) is -1.07. The Hall–Kier alpha value is -2.12. The van der Waals surface area contributed by atoms with E-state index in [4.69, 9.17) is 16.7 Å². The molecule has 8 heteroatoms. The number of thiazole rings is 1. The fourth-order valence-electron chi connectivity index (χ4n) is 1.58. The third kappa shape index (κ3) is 4.44. The fraction of sp³-hybridized carbons (Fsp3) is 0.154. The summed E-state index contributed by atoms with van der Waals surface area (Å²) in [6.45, 7) is 0.445. The number of amides is 2. The van der Waals surface area contributed by atoms with Gasteiger partial charge in [-0.15, -0.1) is 11.3 Å². The third-order valence-electron chi connectivity index (χ3n) is 2.61. The van der Waals surface area contributed by atoms with Crippen molar-refractivity contribution >= 4 is 40.6 Å². The molecule has 0 aliphatic heterocycles. The molecule has 1 aromatic heterocycles. The van der Waals surface area contributed by atoms with E-state index in [1.165, 1.54) is 29.5 Å². The van der Waals surface area contributed by atoms with Crippen molar-refractivity contribution in [1.82, 2.24) is 10.3 Å². The molecular formula is C13H12ClN3O3S. The summed E-state index contributed by atoms with van der Waals surface area (Å²) in [5.41, 5.74) is 3.07. The summed E-state index contributed by atoms with van der Waals surface area (Å²) in [4.78, 5) is 26.6. The van der Waals surface area contributed by atoms with Crippen molar-refractivity contribution in [3.63, 3.8) is 0 Å². The van der Waals surface area contributed by atoms with E-state index in [1.54, 1.807) is 5.51 Å². The quantitative estimate of drug-likeness (QED) is 0.788. The molecule has 0 radical (unpaired) electrons. The molecule has 0 aliphatic rings. The van der Waals surface area contributed by atoms with Crippen LogP contribution in [-0.2, 0) is 6.42 Å². The molecule has 0 fully saturated rings. The van der Waals surface area contributed by atoms with Gasteiger partial charge in [0.2, 0.25) is 0 Å². The van der Waals surface area contributed by atoms with Crippen LogP contribution < -0.4 is 10.6 Å². The normalized spacial score (nSPS) is 10.1. The van der Waals surface area contributed by atoms with Crippen molar-refractivity contribution < 1.29 is 14.7 Å². The predicted octanol–water partition coefficient (Wildman–Crippen LogP) is 2.86. The molecular weight excluding hydrogens is 314 g/mol. The van der Waals surface area contributed by atoms with Gasteiger partial charge in [0.05, 0.1) is 27.5 Å². The topological polar surface area (TPSA) is 91.3 Å². The summed E-state index contributed by atoms with van der Waals surface area (Å²) in [6.07, 6.45) is 0.641. The molecule has 0 saturated carbocycles. The van der Waals surface area contributed by atoms with Gasteiger partial charge in [-0.05, 0) is 18.2 Å². The lowest BCUT2D eigenvalue weighted by atomic mass is 10.2. The van der Waals surface area contributed by atoms with Crippen LogP contribution in [0.3, 0.4) is 0 Å². The van der Waals surface area contributed by atoms with Crippen molar-refractivity contribution in [2.75, 3.05) is 11.9 Å². The van der Waals surface area contributed by atoms with Gasteiger partial charge in [0.1, 0.15) is 0 Å². The molecule has 0 aliphatic carbocycles. The van der Waals surface area contributed by atoms with Gasteiger partial charge in [-0.25, -0.2) is 14.6 Å². The highest BCUT2D eigenvalue weighted by Crippen LogP contribution is 2.22. The molecule has 1 aromatic carbocycles. The van der Waals surface area contributed by atoms with E-state index in [2.05, 4.69) is 15.6 Å². The average Bonchev–Trinajstić information content (AvgIpc) is 2.94.